The summed E-state index contributed by atoms with van der Waals surface area (Å²) in [5.74, 6) is 0.0896. The van der Waals surface area contributed by atoms with Gasteiger partial charge in [0.2, 0.25) is 0 Å². The van der Waals surface area contributed by atoms with Gasteiger partial charge >= 0.3 is 0 Å². The quantitative estimate of drug-likeness (QED) is 0.758. The number of nitrogens with two attached hydrogens (primary N) is 2. The molecule has 1 amide bonds. The van der Waals surface area contributed by atoms with Gasteiger partial charge in [-0.1, -0.05) is 0 Å². The molecular weight excluding hydrogens is 290 g/mol. The van der Waals surface area contributed by atoms with Gasteiger partial charge in [-0.25, -0.2) is 9.97 Å². The fourth-order valence-corrected chi connectivity index (χ4v) is 2.37. The number of pyridine rings is 2. The summed E-state index contributed by atoms with van der Waals surface area (Å²) in [6, 6.07) is 5.89. The number of nitrogens with one attached hydrogen (secondary N) is 1. The molecule has 6 heteroatoms. The van der Waals surface area contributed by atoms with Gasteiger partial charge in [-0.2, -0.15) is 0 Å². The van der Waals surface area contributed by atoms with Crippen LogP contribution in [0.3, 0.4) is 0 Å². The minimum absolute atomic E-state index is 0.114. The third kappa shape index (κ3) is 4.75. The Balaban J connectivity index is 2.33. The van der Waals surface area contributed by atoms with E-state index in [1.807, 2.05) is 39.0 Å². The Hall–Kier alpha value is -2.47. The van der Waals surface area contributed by atoms with Crippen molar-refractivity contribution in [3.8, 4) is 0 Å². The van der Waals surface area contributed by atoms with E-state index in [0.29, 0.717) is 11.5 Å². The molecule has 6 nitrogen and oxygen atoms in total. The van der Waals surface area contributed by atoms with Crippen molar-refractivity contribution in [3.05, 3.63) is 46.9 Å². The van der Waals surface area contributed by atoms with Crippen molar-refractivity contribution in [2.75, 3.05) is 5.32 Å². The maximum atomic E-state index is 11.6. The van der Waals surface area contributed by atoms with E-state index in [0.717, 1.165) is 29.7 Å². The molecule has 0 aliphatic rings. The average Bonchev–Trinajstić information content (AvgIpc) is 2.43. The molecule has 0 fully saturated rings. The second kappa shape index (κ2) is 7.19. The van der Waals surface area contributed by atoms with Gasteiger partial charge in [0.25, 0.3) is 5.91 Å². The highest BCUT2D eigenvalue weighted by Crippen LogP contribution is 2.21. The number of hydrogen-bond acceptors (Lipinski definition) is 5. The molecule has 0 unspecified atom stereocenters. The molecule has 5 N–H and O–H groups in total. The van der Waals surface area contributed by atoms with E-state index >= 15 is 0 Å². The normalized spacial score (nSPS) is 12.0. The molecular formula is C17H23N5O. The molecule has 2 rings (SSSR count). The van der Waals surface area contributed by atoms with Gasteiger partial charge in [0.05, 0.1) is 5.69 Å². The minimum atomic E-state index is -0.574. The summed E-state index contributed by atoms with van der Waals surface area (Å²) in [5, 5.41) is 3.16. The van der Waals surface area contributed by atoms with Crippen molar-refractivity contribution in [1.82, 2.24) is 9.97 Å². The van der Waals surface area contributed by atoms with Crippen molar-refractivity contribution < 1.29 is 4.79 Å². The van der Waals surface area contributed by atoms with E-state index in [2.05, 4.69) is 15.3 Å². The summed E-state index contributed by atoms with van der Waals surface area (Å²) in [7, 11) is 0. The van der Waals surface area contributed by atoms with Gasteiger partial charge in [0, 0.05) is 17.9 Å². The summed E-state index contributed by atoms with van der Waals surface area (Å²) >= 11 is 0. The molecule has 1 atom stereocenters. The lowest BCUT2D eigenvalue weighted by molar-refractivity contribution is 0.0996. The van der Waals surface area contributed by atoms with Crippen LogP contribution in [0.1, 0.15) is 40.7 Å². The highest BCUT2D eigenvalue weighted by atomic mass is 16.1. The largest absolute Gasteiger partial charge is 0.364 e. The first-order valence-corrected chi connectivity index (χ1v) is 7.62. The molecule has 0 aromatic carbocycles. The first kappa shape index (κ1) is 16.9. The van der Waals surface area contributed by atoms with Gasteiger partial charge < -0.3 is 16.8 Å². The van der Waals surface area contributed by atoms with E-state index in [-0.39, 0.29) is 11.7 Å². The summed E-state index contributed by atoms with van der Waals surface area (Å²) in [6.45, 7) is 5.88. The average molecular weight is 313 g/mol. The number of nitrogens with zero attached hydrogens (tertiary/aromatic N) is 2. The van der Waals surface area contributed by atoms with E-state index in [1.54, 1.807) is 6.20 Å². The van der Waals surface area contributed by atoms with E-state index < -0.39 is 5.91 Å². The van der Waals surface area contributed by atoms with Crippen molar-refractivity contribution >= 4 is 17.4 Å². The molecule has 0 radical (unpaired) electrons. The Bertz CT molecular complexity index is 692. The highest BCUT2D eigenvalue weighted by Gasteiger charge is 2.12. The lowest BCUT2D eigenvalue weighted by Gasteiger charge is -2.12. The van der Waals surface area contributed by atoms with Gasteiger partial charge in [-0.05, 0) is 62.9 Å². The van der Waals surface area contributed by atoms with Crippen LogP contribution in [0.25, 0.3) is 0 Å². The van der Waals surface area contributed by atoms with Crippen molar-refractivity contribution in [3.63, 3.8) is 0 Å². The molecule has 2 aromatic heterocycles. The Morgan fingerprint density at radius 2 is 2.04 bits per heavy atom. The Labute approximate surface area is 136 Å². The minimum Gasteiger partial charge on any atom is -0.364 e. The number of anilines is 2. The predicted molar refractivity (Wildman–Crippen MR) is 91.7 cm³/mol. The van der Waals surface area contributed by atoms with Crippen LogP contribution >= 0.6 is 0 Å². The highest BCUT2D eigenvalue weighted by molar-refractivity contribution is 5.97. The maximum Gasteiger partial charge on any atom is 0.269 e. The first-order valence-electron chi connectivity index (χ1n) is 7.62. The number of carbonyl (C=O) groups excluding carboxylic acids is 1. The van der Waals surface area contributed by atoms with E-state index in [1.165, 1.54) is 0 Å². The third-order valence-electron chi connectivity index (χ3n) is 3.43. The fraction of sp³-hybridized carbons (Fsp3) is 0.353. The van der Waals surface area contributed by atoms with Crippen molar-refractivity contribution in [2.24, 2.45) is 11.5 Å². The molecule has 2 heterocycles. The molecule has 0 bridgehead atoms. The molecule has 23 heavy (non-hydrogen) atoms. The molecule has 0 saturated carbocycles. The van der Waals surface area contributed by atoms with Crippen LogP contribution in [0, 0.1) is 13.8 Å². The number of carbonyl (C=O) groups is 1. The summed E-state index contributed by atoms with van der Waals surface area (Å²) in [4.78, 5) is 20.2. The molecule has 0 aliphatic carbocycles. The Morgan fingerprint density at radius 3 is 2.65 bits per heavy atom. The van der Waals surface area contributed by atoms with Gasteiger partial charge in [0.15, 0.2) is 5.69 Å². The number of aryl methyl sites for hydroxylation is 3. The summed E-state index contributed by atoms with van der Waals surface area (Å²) < 4.78 is 0. The SMILES string of the molecule is Cc1cc(C)nc(Nc2cc(CC[C@H](C)N)cnc2C(N)=O)c1. The monoisotopic (exact) mass is 313 g/mol. The van der Waals surface area contributed by atoms with E-state index in [4.69, 9.17) is 11.5 Å². The smallest absolute Gasteiger partial charge is 0.269 e. The fourth-order valence-electron chi connectivity index (χ4n) is 2.37. The zero-order valence-corrected chi connectivity index (χ0v) is 13.8. The zero-order valence-electron chi connectivity index (χ0n) is 13.8. The third-order valence-corrected chi connectivity index (χ3v) is 3.43. The summed E-state index contributed by atoms with van der Waals surface area (Å²) in [6.07, 6.45) is 3.31. The lowest BCUT2D eigenvalue weighted by atomic mass is 10.1. The van der Waals surface area contributed by atoms with Crippen LogP contribution in [-0.2, 0) is 6.42 Å². The molecule has 0 aliphatic heterocycles. The van der Waals surface area contributed by atoms with Crippen LogP contribution in [0.15, 0.2) is 24.4 Å². The topological polar surface area (TPSA) is 107 Å². The Kier molecular flexibility index (Phi) is 5.28. The molecule has 2 aromatic rings. The standard InChI is InChI=1S/C17H23N5O/c1-10-6-12(3)21-15(7-10)22-14-8-13(5-4-11(2)18)9-20-16(14)17(19)23/h6-9,11H,4-5,18H2,1-3H3,(H2,19,23)(H,21,22)/t11-/m0/s1. The summed E-state index contributed by atoms with van der Waals surface area (Å²) in [5.41, 5.74) is 15.0. The maximum absolute atomic E-state index is 11.6. The number of rotatable bonds is 6. The van der Waals surface area contributed by atoms with Gasteiger partial charge in [0.1, 0.15) is 5.82 Å². The zero-order chi connectivity index (χ0) is 17.0. The second-order valence-corrected chi connectivity index (χ2v) is 5.92. The molecule has 0 saturated heterocycles. The van der Waals surface area contributed by atoms with Crippen LogP contribution in [-0.4, -0.2) is 21.9 Å². The van der Waals surface area contributed by atoms with Gasteiger partial charge in [-0.15, -0.1) is 0 Å². The number of primary amides is 1. The van der Waals surface area contributed by atoms with Crippen molar-refractivity contribution in [1.29, 1.82) is 0 Å². The van der Waals surface area contributed by atoms with E-state index in [9.17, 15) is 4.79 Å². The molecule has 122 valence electrons. The second-order valence-electron chi connectivity index (χ2n) is 5.92. The van der Waals surface area contributed by atoms with Crippen LogP contribution in [0.4, 0.5) is 11.5 Å². The Morgan fingerprint density at radius 1 is 1.30 bits per heavy atom. The van der Waals surface area contributed by atoms with Crippen LogP contribution in [0.5, 0.6) is 0 Å². The number of hydrogen-bond donors (Lipinski definition) is 3. The van der Waals surface area contributed by atoms with Crippen LogP contribution < -0.4 is 16.8 Å². The number of amides is 1. The van der Waals surface area contributed by atoms with Crippen molar-refractivity contribution in [2.45, 2.75) is 39.7 Å². The first-order chi connectivity index (χ1) is 10.8. The number of aromatic nitrogens is 2. The van der Waals surface area contributed by atoms with Crippen LogP contribution in [0.2, 0.25) is 0 Å². The lowest BCUT2D eigenvalue weighted by Crippen LogP contribution is -2.17. The molecule has 0 spiro atoms. The predicted octanol–water partition coefficient (Wildman–Crippen LogP) is 2.22. The van der Waals surface area contributed by atoms with Gasteiger partial charge in [-0.3, -0.25) is 4.79 Å².